The molecule has 0 unspecified atom stereocenters. The predicted octanol–water partition coefficient (Wildman–Crippen LogP) is 0.683. The lowest BCUT2D eigenvalue weighted by atomic mass is 10.1. The molecule has 1 saturated heterocycles. The molecule has 2 rings (SSSR count). The van der Waals surface area contributed by atoms with Gasteiger partial charge in [0.25, 0.3) is 0 Å². The number of piperazine rings is 1. The van der Waals surface area contributed by atoms with E-state index < -0.39 is 0 Å². The van der Waals surface area contributed by atoms with Crippen LogP contribution in [0, 0.1) is 5.92 Å². The van der Waals surface area contributed by atoms with Crippen molar-refractivity contribution in [2.24, 2.45) is 5.92 Å². The summed E-state index contributed by atoms with van der Waals surface area (Å²) in [4.78, 5) is 20.3. The third-order valence-corrected chi connectivity index (χ3v) is 3.41. The van der Waals surface area contributed by atoms with Crippen molar-refractivity contribution in [2.75, 3.05) is 32.7 Å². The van der Waals surface area contributed by atoms with Gasteiger partial charge in [0.05, 0.1) is 6.33 Å². The third-order valence-electron chi connectivity index (χ3n) is 3.41. The molecule has 1 aliphatic heterocycles. The van der Waals surface area contributed by atoms with Crippen molar-refractivity contribution < 1.29 is 4.79 Å². The number of hydrogen-bond acceptors (Lipinski definition) is 3. The molecule has 0 saturated carbocycles. The summed E-state index contributed by atoms with van der Waals surface area (Å²) in [5, 5.41) is 0. The van der Waals surface area contributed by atoms with Crippen LogP contribution in [0.3, 0.4) is 0 Å². The van der Waals surface area contributed by atoms with Crippen molar-refractivity contribution in [3.63, 3.8) is 0 Å². The Morgan fingerprint density at radius 3 is 2.50 bits per heavy atom. The SMILES string of the molecule is CC(C)C(=O)N1CCN(CCn2ccnc2)CC1. The molecule has 0 spiro atoms. The molecule has 1 amide bonds. The molecule has 0 bridgehead atoms. The zero-order chi connectivity index (χ0) is 13.0. The van der Waals surface area contributed by atoms with Crippen LogP contribution in [0.1, 0.15) is 13.8 Å². The Kier molecular flexibility index (Phi) is 4.36. The Morgan fingerprint density at radius 2 is 1.94 bits per heavy atom. The second kappa shape index (κ2) is 6.00. The quantitative estimate of drug-likeness (QED) is 0.789. The Morgan fingerprint density at radius 1 is 1.22 bits per heavy atom. The number of carbonyl (C=O) groups is 1. The highest BCUT2D eigenvalue weighted by molar-refractivity contribution is 5.78. The molecule has 1 aliphatic rings. The summed E-state index contributed by atoms with van der Waals surface area (Å²) in [6.07, 6.45) is 5.64. The third kappa shape index (κ3) is 3.32. The van der Waals surface area contributed by atoms with E-state index >= 15 is 0 Å². The van der Waals surface area contributed by atoms with Crippen molar-refractivity contribution in [2.45, 2.75) is 20.4 Å². The molecule has 0 aliphatic carbocycles. The molecule has 2 heterocycles. The smallest absolute Gasteiger partial charge is 0.225 e. The van der Waals surface area contributed by atoms with Crippen molar-refractivity contribution in [1.82, 2.24) is 19.4 Å². The first-order valence-corrected chi connectivity index (χ1v) is 6.63. The summed E-state index contributed by atoms with van der Waals surface area (Å²) < 4.78 is 2.09. The first-order chi connectivity index (χ1) is 8.66. The number of carbonyl (C=O) groups excluding carboxylic acids is 1. The van der Waals surface area contributed by atoms with Crippen LogP contribution < -0.4 is 0 Å². The fourth-order valence-corrected chi connectivity index (χ4v) is 2.23. The van der Waals surface area contributed by atoms with E-state index in [-0.39, 0.29) is 11.8 Å². The second-order valence-corrected chi connectivity index (χ2v) is 5.12. The van der Waals surface area contributed by atoms with Gasteiger partial charge in [-0.25, -0.2) is 4.98 Å². The predicted molar refractivity (Wildman–Crippen MR) is 70.1 cm³/mol. The lowest BCUT2D eigenvalue weighted by molar-refractivity contribution is -0.136. The van der Waals surface area contributed by atoms with Gasteiger partial charge in [0.1, 0.15) is 0 Å². The van der Waals surface area contributed by atoms with Gasteiger partial charge in [-0.15, -0.1) is 0 Å². The normalized spacial score (nSPS) is 17.4. The molecular formula is C13H22N4O. The minimum atomic E-state index is 0.113. The average Bonchev–Trinajstić information content (AvgIpc) is 2.89. The first kappa shape index (κ1) is 13.1. The van der Waals surface area contributed by atoms with E-state index in [0.29, 0.717) is 0 Å². The Labute approximate surface area is 108 Å². The van der Waals surface area contributed by atoms with E-state index in [2.05, 4.69) is 14.5 Å². The van der Waals surface area contributed by atoms with Crippen molar-refractivity contribution in [1.29, 1.82) is 0 Å². The molecule has 0 N–H and O–H groups in total. The van der Waals surface area contributed by atoms with Gasteiger partial charge in [-0.2, -0.15) is 0 Å². The summed E-state index contributed by atoms with van der Waals surface area (Å²) in [6, 6.07) is 0. The van der Waals surface area contributed by atoms with E-state index in [1.807, 2.05) is 31.3 Å². The van der Waals surface area contributed by atoms with Gasteiger partial charge < -0.3 is 9.47 Å². The fraction of sp³-hybridized carbons (Fsp3) is 0.692. The van der Waals surface area contributed by atoms with Crippen LogP contribution in [0.2, 0.25) is 0 Å². The van der Waals surface area contributed by atoms with Crippen LogP contribution in [-0.4, -0.2) is 58.0 Å². The first-order valence-electron chi connectivity index (χ1n) is 6.63. The molecule has 5 nitrogen and oxygen atoms in total. The topological polar surface area (TPSA) is 41.4 Å². The monoisotopic (exact) mass is 250 g/mol. The zero-order valence-corrected chi connectivity index (χ0v) is 11.2. The van der Waals surface area contributed by atoms with Gasteiger partial charge in [-0.1, -0.05) is 13.8 Å². The molecule has 5 heteroatoms. The lowest BCUT2D eigenvalue weighted by Crippen LogP contribution is -2.50. The molecule has 0 radical (unpaired) electrons. The maximum absolute atomic E-state index is 11.8. The molecule has 1 aromatic rings. The standard InChI is InChI=1S/C13H22N4O/c1-12(2)13(18)17-9-7-15(8-10-17)5-6-16-4-3-14-11-16/h3-4,11-12H,5-10H2,1-2H3. The summed E-state index contributed by atoms with van der Waals surface area (Å²) in [7, 11) is 0. The minimum absolute atomic E-state index is 0.113. The highest BCUT2D eigenvalue weighted by atomic mass is 16.2. The maximum atomic E-state index is 11.8. The van der Waals surface area contributed by atoms with E-state index in [1.54, 1.807) is 6.20 Å². The molecule has 0 atom stereocenters. The summed E-state index contributed by atoms with van der Waals surface area (Å²) in [5.74, 6) is 0.395. The Hall–Kier alpha value is -1.36. The van der Waals surface area contributed by atoms with E-state index in [9.17, 15) is 4.79 Å². The number of amides is 1. The van der Waals surface area contributed by atoms with Crippen LogP contribution in [0.4, 0.5) is 0 Å². The van der Waals surface area contributed by atoms with Gasteiger partial charge >= 0.3 is 0 Å². The van der Waals surface area contributed by atoms with Crippen LogP contribution in [-0.2, 0) is 11.3 Å². The number of imidazole rings is 1. The summed E-state index contributed by atoms with van der Waals surface area (Å²) in [5.41, 5.74) is 0. The lowest BCUT2D eigenvalue weighted by Gasteiger charge is -2.35. The minimum Gasteiger partial charge on any atom is -0.340 e. The van der Waals surface area contributed by atoms with Gasteiger partial charge in [0.2, 0.25) is 5.91 Å². The van der Waals surface area contributed by atoms with Crippen LogP contribution in [0.25, 0.3) is 0 Å². The largest absolute Gasteiger partial charge is 0.340 e. The average molecular weight is 250 g/mol. The summed E-state index contributed by atoms with van der Waals surface area (Å²) >= 11 is 0. The van der Waals surface area contributed by atoms with Gasteiger partial charge in [-0.05, 0) is 0 Å². The van der Waals surface area contributed by atoms with Gasteiger partial charge in [0, 0.05) is 57.6 Å². The second-order valence-electron chi connectivity index (χ2n) is 5.12. The van der Waals surface area contributed by atoms with Crippen LogP contribution in [0.5, 0.6) is 0 Å². The number of hydrogen-bond donors (Lipinski definition) is 0. The number of aromatic nitrogens is 2. The molecule has 1 fully saturated rings. The molecule has 0 aromatic carbocycles. The fourth-order valence-electron chi connectivity index (χ4n) is 2.23. The summed E-state index contributed by atoms with van der Waals surface area (Å²) in [6.45, 7) is 9.61. The van der Waals surface area contributed by atoms with Crippen molar-refractivity contribution in [3.8, 4) is 0 Å². The molecule has 18 heavy (non-hydrogen) atoms. The van der Waals surface area contributed by atoms with E-state index in [1.165, 1.54) is 0 Å². The van der Waals surface area contributed by atoms with E-state index in [4.69, 9.17) is 0 Å². The van der Waals surface area contributed by atoms with Crippen molar-refractivity contribution in [3.05, 3.63) is 18.7 Å². The van der Waals surface area contributed by atoms with Crippen LogP contribution in [0.15, 0.2) is 18.7 Å². The zero-order valence-electron chi connectivity index (χ0n) is 11.2. The Balaban J connectivity index is 1.72. The highest BCUT2D eigenvalue weighted by Crippen LogP contribution is 2.07. The van der Waals surface area contributed by atoms with Crippen LogP contribution >= 0.6 is 0 Å². The van der Waals surface area contributed by atoms with E-state index in [0.717, 1.165) is 39.3 Å². The van der Waals surface area contributed by atoms with Gasteiger partial charge in [-0.3, -0.25) is 9.69 Å². The molecular weight excluding hydrogens is 228 g/mol. The van der Waals surface area contributed by atoms with Crippen molar-refractivity contribution >= 4 is 5.91 Å². The maximum Gasteiger partial charge on any atom is 0.225 e. The number of nitrogens with zero attached hydrogens (tertiary/aromatic N) is 4. The number of rotatable bonds is 4. The molecule has 1 aromatic heterocycles. The molecule has 100 valence electrons. The highest BCUT2D eigenvalue weighted by Gasteiger charge is 2.22. The van der Waals surface area contributed by atoms with Gasteiger partial charge in [0.15, 0.2) is 0 Å². The Bertz CT molecular complexity index is 366.